The predicted molar refractivity (Wildman–Crippen MR) is 76.6 cm³/mol. The summed E-state index contributed by atoms with van der Waals surface area (Å²) in [5.41, 5.74) is -2.20. The number of halogens is 4. The quantitative estimate of drug-likeness (QED) is 0.838. The van der Waals surface area contributed by atoms with E-state index in [0.29, 0.717) is 6.42 Å². The van der Waals surface area contributed by atoms with Gasteiger partial charge < -0.3 is 14.7 Å². The molecule has 3 rings (SSSR count). The average Bonchev–Trinajstić information content (AvgIpc) is 3.20. The second-order valence-electron chi connectivity index (χ2n) is 6.31. The molecule has 1 aromatic carbocycles. The van der Waals surface area contributed by atoms with Gasteiger partial charge in [0, 0.05) is 18.9 Å². The van der Waals surface area contributed by atoms with E-state index in [4.69, 9.17) is 5.11 Å². The molecular weight excluding hydrogens is 346 g/mol. The number of hydrogen-bond acceptors (Lipinski definition) is 3. The van der Waals surface area contributed by atoms with E-state index in [2.05, 4.69) is 4.74 Å². The van der Waals surface area contributed by atoms with Crippen LogP contribution in [0, 0.1) is 5.92 Å². The SMILES string of the molecule is O=C(C1CC1c1ccccc1OC(F)(F)F)N1CCC(F)(C(=O)O)C1. The fourth-order valence-corrected chi connectivity index (χ4v) is 3.19. The van der Waals surface area contributed by atoms with Gasteiger partial charge in [-0.05, 0) is 24.0 Å². The van der Waals surface area contributed by atoms with Crippen LogP contribution in [0.15, 0.2) is 24.3 Å². The molecule has 1 aromatic rings. The lowest BCUT2D eigenvalue weighted by Crippen LogP contribution is -2.39. The van der Waals surface area contributed by atoms with Gasteiger partial charge in [0.25, 0.3) is 0 Å². The van der Waals surface area contributed by atoms with Crippen molar-refractivity contribution in [3.63, 3.8) is 0 Å². The minimum absolute atomic E-state index is 0.0223. The first-order valence-corrected chi connectivity index (χ1v) is 7.66. The van der Waals surface area contributed by atoms with Crippen molar-refractivity contribution in [3.8, 4) is 5.75 Å². The molecule has 1 aliphatic heterocycles. The molecule has 3 atom stereocenters. The molecule has 0 aromatic heterocycles. The van der Waals surface area contributed by atoms with Crippen molar-refractivity contribution in [1.29, 1.82) is 0 Å². The number of hydrogen-bond donors (Lipinski definition) is 1. The Morgan fingerprint density at radius 1 is 1.28 bits per heavy atom. The number of carbonyl (C=O) groups is 2. The number of likely N-dealkylation sites (tertiary alicyclic amines) is 1. The highest BCUT2D eigenvalue weighted by atomic mass is 19.4. The summed E-state index contributed by atoms with van der Waals surface area (Å²) < 4.78 is 55.5. The molecule has 1 saturated carbocycles. The Labute approximate surface area is 140 Å². The largest absolute Gasteiger partial charge is 0.573 e. The van der Waals surface area contributed by atoms with Crippen molar-refractivity contribution >= 4 is 11.9 Å². The number of carboxylic acids is 1. The number of nitrogens with zero attached hydrogens (tertiary/aromatic N) is 1. The Morgan fingerprint density at radius 3 is 2.56 bits per heavy atom. The van der Waals surface area contributed by atoms with Gasteiger partial charge in [0.05, 0.1) is 6.54 Å². The minimum atomic E-state index is -4.84. The first-order chi connectivity index (χ1) is 11.6. The van der Waals surface area contributed by atoms with Gasteiger partial charge >= 0.3 is 12.3 Å². The monoisotopic (exact) mass is 361 g/mol. The van der Waals surface area contributed by atoms with Gasteiger partial charge in [-0.1, -0.05) is 18.2 Å². The Bertz CT molecular complexity index is 708. The fraction of sp³-hybridized carbons (Fsp3) is 0.500. The number of ether oxygens (including phenoxy) is 1. The highest BCUT2D eigenvalue weighted by molar-refractivity contribution is 5.86. The van der Waals surface area contributed by atoms with E-state index in [0.717, 1.165) is 4.90 Å². The molecule has 1 saturated heterocycles. The van der Waals surface area contributed by atoms with Crippen molar-refractivity contribution in [2.45, 2.75) is 30.8 Å². The lowest BCUT2D eigenvalue weighted by Gasteiger charge is -2.18. The van der Waals surface area contributed by atoms with E-state index in [1.807, 2.05) is 0 Å². The third kappa shape index (κ3) is 3.54. The third-order valence-electron chi connectivity index (χ3n) is 4.57. The Kier molecular flexibility index (Phi) is 4.12. The van der Waals surface area contributed by atoms with E-state index >= 15 is 0 Å². The molecule has 0 radical (unpaired) electrons. The summed E-state index contributed by atoms with van der Waals surface area (Å²) in [4.78, 5) is 24.4. The number of carbonyl (C=O) groups excluding carboxylic acids is 1. The average molecular weight is 361 g/mol. The van der Waals surface area contributed by atoms with Gasteiger partial charge in [-0.25, -0.2) is 9.18 Å². The maximum absolute atomic E-state index is 14.1. The molecule has 136 valence electrons. The first kappa shape index (κ1) is 17.5. The van der Waals surface area contributed by atoms with Crippen molar-refractivity contribution in [3.05, 3.63) is 29.8 Å². The van der Waals surface area contributed by atoms with Gasteiger partial charge in [0.2, 0.25) is 11.6 Å². The molecule has 2 fully saturated rings. The smallest absolute Gasteiger partial charge is 0.479 e. The van der Waals surface area contributed by atoms with Crippen molar-refractivity contribution in [2.24, 2.45) is 5.92 Å². The normalized spacial score (nSPS) is 28.7. The zero-order valence-corrected chi connectivity index (χ0v) is 12.9. The fourth-order valence-electron chi connectivity index (χ4n) is 3.19. The summed E-state index contributed by atoms with van der Waals surface area (Å²) in [6, 6.07) is 5.58. The van der Waals surface area contributed by atoms with Crippen molar-refractivity contribution in [1.82, 2.24) is 4.90 Å². The molecule has 1 heterocycles. The van der Waals surface area contributed by atoms with E-state index in [1.54, 1.807) is 6.07 Å². The predicted octanol–water partition coefficient (Wildman–Crippen LogP) is 2.71. The van der Waals surface area contributed by atoms with Crippen LogP contribution in [0.25, 0.3) is 0 Å². The maximum atomic E-state index is 14.1. The van der Waals surface area contributed by atoms with Crippen molar-refractivity contribution in [2.75, 3.05) is 13.1 Å². The van der Waals surface area contributed by atoms with Crippen LogP contribution in [0.4, 0.5) is 17.6 Å². The number of amides is 1. The van der Waals surface area contributed by atoms with Gasteiger partial charge in [0.1, 0.15) is 5.75 Å². The van der Waals surface area contributed by atoms with Gasteiger partial charge in [0.15, 0.2) is 0 Å². The molecular formula is C16H15F4NO4. The number of aliphatic carboxylic acids is 1. The molecule has 1 aliphatic carbocycles. The summed E-state index contributed by atoms with van der Waals surface area (Å²) in [5.74, 6) is -3.45. The topological polar surface area (TPSA) is 66.8 Å². The van der Waals surface area contributed by atoms with Gasteiger partial charge in [-0.15, -0.1) is 13.2 Å². The molecule has 1 N–H and O–H groups in total. The number of carboxylic acid groups (broad SMARTS) is 1. The molecule has 2 aliphatic rings. The van der Waals surface area contributed by atoms with Crippen LogP contribution in [0.3, 0.4) is 0 Å². The number of alkyl halides is 4. The number of benzene rings is 1. The molecule has 5 nitrogen and oxygen atoms in total. The van der Waals surface area contributed by atoms with Crippen LogP contribution in [-0.2, 0) is 9.59 Å². The van der Waals surface area contributed by atoms with E-state index < -0.39 is 42.3 Å². The van der Waals surface area contributed by atoms with Crippen LogP contribution >= 0.6 is 0 Å². The molecule has 0 spiro atoms. The summed E-state index contributed by atoms with van der Waals surface area (Å²) in [6.45, 7) is -0.559. The summed E-state index contributed by atoms with van der Waals surface area (Å²) in [7, 11) is 0. The minimum Gasteiger partial charge on any atom is -0.479 e. The second kappa shape index (κ2) is 5.89. The molecule has 25 heavy (non-hydrogen) atoms. The standard InChI is InChI=1S/C16H15F4NO4/c17-15(14(23)24)5-6-21(8-15)13(22)11-7-10(11)9-3-1-2-4-12(9)25-16(18,19)20/h1-4,10-11H,5-8H2,(H,23,24). The third-order valence-corrected chi connectivity index (χ3v) is 4.57. The molecule has 0 bridgehead atoms. The summed E-state index contributed by atoms with van der Waals surface area (Å²) in [6.07, 6.45) is -4.81. The lowest BCUT2D eigenvalue weighted by atomic mass is 10.1. The molecule has 3 unspecified atom stereocenters. The maximum Gasteiger partial charge on any atom is 0.573 e. The van der Waals surface area contributed by atoms with E-state index in [-0.39, 0.29) is 24.3 Å². The van der Waals surface area contributed by atoms with Gasteiger partial charge in [-0.2, -0.15) is 0 Å². The van der Waals surface area contributed by atoms with Crippen LogP contribution in [0.2, 0.25) is 0 Å². The van der Waals surface area contributed by atoms with Crippen LogP contribution in [0.5, 0.6) is 5.75 Å². The zero-order chi connectivity index (χ0) is 18.4. The number of rotatable bonds is 4. The highest BCUT2D eigenvalue weighted by Gasteiger charge is 2.52. The van der Waals surface area contributed by atoms with Gasteiger partial charge in [-0.3, -0.25) is 4.79 Å². The second-order valence-corrected chi connectivity index (χ2v) is 6.31. The van der Waals surface area contributed by atoms with Crippen LogP contribution < -0.4 is 4.74 Å². The zero-order valence-electron chi connectivity index (χ0n) is 12.9. The molecule has 1 amide bonds. The first-order valence-electron chi connectivity index (χ1n) is 7.66. The lowest BCUT2D eigenvalue weighted by molar-refractivity contribution is -0.274. The number of para-hydroxylation sites is 1. The highest BCUT2D eigenvalue weighted by Crippen LogP contribution is 2.52. The van der Waals surface area contributed by atoms with Crippen LogP contribution in [-0.4, -0.2) is 47.0 Å². The Hall–Kier alpha value is -2.32. The van der Waals surface area contributed by atoms with Crippen LogP contribution in [0.1, 0.15) is 24.3 Å². The molecule has 9 heteroatoms. The van der Waals surface area contributed by atoms with Crippen molar-refractivity contribution < 1.29 is 37.0 Å². The summed E-state index contributed by atoms with van der Waals surface area (Å²) in [5, 5.41) is 8.86. The van der Waals surface area contributed by atoms with E-state index in [1.165, 1.54) is 18.2 Å². The van der Waals surface area contributed by atoms with E-state index in [9.17, 15) is 27.2 Å². The Balaban J connectivity index is 1.69. The Morgan fingerprint density at radius 2 is 1.96 bits per heavy atom. The summed E-state index contributed by atoms with van der Waals surface area (Å²) >= 11 is 0.